The Bertz CT molecular complexity index is 586. The van der Waals surface area contributed by atoms with Gasteiger partial charge in [0.2, 0.25) is 0 Å². The Morgan fingerprint density at radius 2 is 1.94 bits per heavy atom. The van der Waals surface area contributed by atoms with Crippen molar-refractivity contribution in [2.75, 3.05) is 0 Å². The highest BCUT2D eigenvalue weighted by molar-refractivity contribution is 6.31. The Morgan fingerprint density at radius 3 is 2.35 bits per heavy atom. The Morgan fingerprint density at radius 1 is 1.35 bits per heavy atom. The minimum Gasteiger partial charge on any atom is -0.233 e. The summed E-state index contributed by atoms with van der Waals surface area (Å²) < 4.78 is 28.3. The minimum atomic E-state index is -0.860. The Labute approximate surface area is 101 Å². The number of halogens is 3. The van der Waals surface area contributed by atoms with E-state index >= 15 is 0 Å². The number of benzene rings is 1. The molecule has 2 rings (SSSR count). The number of hydrogen-bond donors (Lipinski definition) is 0. The summed E-state index contributed by atoms with van der Waals surface area (Å²) in [4.78, 5) is 0. The molecule has 17 heavy (non-hydrogen) atoms. The fraction of sp³-hybridized carbons (Fsp3) is 0.0909. The Balaban J connectivity index is 2.64. The topological polar surface area (TPSA) is 41.6 Å². The predicted octanol–water partition coefficient (Wildman–Crippen LogP) is 2.98. The molecule has 0 N–H and O–H groups in total. The van der Waals surface area contributed by atoms with E-state index in [9.17, 15) is 8.78 Å². The van der Waals surface area contributed by atoms with Crippen LogP contribution in [-0.4, -0.2) is 9.78 Å². The van der Waals surface area contributed by atoms with Gasteiger partial charge in [-0.3, -0.25) is 0 Å². The fourth-order valence-electron chi connectivity index (χ4n) is 1.40. The quantitative estimate of drug-likeness (QED) is 0.784. The van der Waals surface area contributed by atoms with Gasteiger partial charge in [-0.15, -0.1) is 0 Å². The van der Waals surface area contributed by atoms with E-state index in [1.165, 1.54) is 6.20 Å². The summed E-state index contributed by atoms with van der Waals surface area (Å²) in [5.74, 6) is -1.72. The van der Waals surface area contributed by atoms with Crippen LogP contribution in [0.1, 0.15) is 11.3 Å². The van der Waals surface area contributed by atoms with Crippen LogP contribution >= 0.6 is 11.6 Å². The molecule has 0 unspecified atom stereocenters. The van der Waals surface area contributed by atoms with Crippen molar-refractivity contribution in [2.24, 2.45) is 0 Å². The average molecular weight is 254 g/mol. The van der Waals surface area contributed by atoms with Crippen molar-refractivity contribution < 1.29 is 8.78 Å². The highest BCUT2D eigenvalue weighted by Crippen LogP contribution is 2.22. The van der Waals surface area contributed by atoms with Crippen LogP contribution in [0.4, 0.5) is 8.78 Å². The normalized spacial score (nSPS) is 10.3. The number of aryl methyl sites for hydroxylation is 1. The first-order valence-electron chi connectivity index (χ1n) is 4.64. The summed E-state index contributed by atoms with van der Waals surface area (Å²) in [5, 5.41) is 12.8. The molecule has 0 spiro atoms. The molecule has 0 saturated heterocycles. The van der Waals surface area contributed by atoms with Crippen LogP contribution in [0, 0.1) is 29.9 Å². The molecule has 0 amide bonds. The van der Waals surface area contributed by atoms with Gasteiger partial charge in [0.25, 0.3) is 0 Å². The van der Waals surface area contributed by atoms with Crippen molar-refractivity contribution in [2.45, 2.75) is 6.92 Å². The molecule has 0 aliphatic rings. The van der Waals surface area contributed by atoms with Crippen molar-refractivity contribution in [3.05, 3.63) is 46.2 Å². The number of nitrogens with zero attached hydrogens (tertiary/aromatic N) is 3. The Kier molecular flexibility index (Phi) is 2.82. The molecule has 1 aromatic heterocycles. The lowest BCUT2D eigenvalue weighted by Crippen LogP contribution is -2.03. The van der Waals surface area contributed by atoms with Gasteiger partial charge in [0.15, 0.2) is 11.6 Å². The van der Waals surface area contributed by atoms with Crippen LogP contribution < -0.4 is 0 Å². The number of rotatable bonds is 1. The number of hydrogen-bond acceptors (Lipinski definition) is 2. The third-order valence-corrected chi connectivity index (χ3v) is 2.59. The summed E-state index contributed by atoms with van der Waals surface area (Å²) in [7, 11) is 0. The summed E-state index contributed by atoms with van der Waals surface area (Å²) in [6.45, 7) is 1.62. The molecule has 0 bridgehead atoms. The lowest BCUT2D eigenvalue weighted by molar-refractivity contribution is 0.559. The molecule has 1 heterocycles. The molecule has 0 aliphatic carbocycles. The first-order chi connectivity index (χ1) is 8.02. The molecule has 0 saturated carbocycles. The van der Waals surface area contributed by atoms with E-state index in [1.54, 1.807) is 13.0 Å². The third kappa shape index (κ3) is 1.99. The zero-order valence-electron chi connectivity index (χ0n) is 8.71. The van der Waals surface area contributed by atoms with Crippen molar-refractivity contribution in [1.82, 2.24) is 9.78 Å². The van der Waals surface area contributed by atoms with Gasteiger partial charge in [-0.2, -0.15) is 10.4 Å². The van der Waals surface area contributed by atoms with Crippen LogP contribution in [0.15, 0.2) is 18.3 Å². The van der Waals surface area contributed by atoms with Crippen molar-refractivity contribution in [3.63, 3.8) is 0 Å². The predicted molar refractivity (Wildman–Crippen MR) is 57.9 cm³/mol. The average Bonchev–Trinajstić information content (AvgIpc) is 2.57. The van der Waals surface area contributed by atoms with Crippen LogP contribution in [0.3, 0.4) is 0 Å². The zero-order valence-corrected chi connectivity index (χ0v) is 9.46. The minimum absolute atomic E-state index is 0.0845. The number of aromatic nitrogens is 2. The van der Waals surface area contributed by atoms with Gasteiger partial charge in [-0.1, -0.05) is 11.6 Å². The summed E-state index contributed by atoms with van der Waals surface area (Å²) >= 11 is 5.76. The standard InChI is InChI=1S/C11H6ClF2N3/c1-6-8(12)5-17(16-6)11-9(13)2-7(4-15)3-10(11)14/h2-3,5H,1H3. The first kappa shape index (κ1) is 11.6. The second kappa shape index (κ2) is 4.15. The van der Waals surface area contributed by atoms with Crippen LogP contribution in [-0.2, 0) is 0 Å². The maximum Gasteiger partial charge on any atom is 0.153 e. The Hall–Kier alpha value is -1.93. The van der Waals surface area contributed by atoms with Crippen molar-refractivity contribution >= 4 is 11.6 Å². The molecule has 3 nitrogen and oxygen atoms in total. The molecule has 0 radical (unpaired) electrons. The molecule has 0 aliphatic heterocycles. The second-order valence-corrected chi connectivity index (χ2v) is 3.81. The number of nitriles is 1. The molecule has 0 fully saturated rings. The largest absolute Gasteiger partial charge is 0.233 e. The van der Waals surface area contributed by atoms with E-state index in [2.05, 4.69) is 5.10 Å². The SMILES string of the molecule is Cc1nn(-c2c(F)cc(C#N)cc2F)cc1Cl. The molecular formula is C11H6ClF2N3. The second-order valence-electron chi connectivity index (χ2n) is 3.41. The maximum atomic E-state index is 13.6. The lowest BCUT2D eigenvalue weighted by atomic mass is 10.2. The molecule has 0 atom stereocenters. The van der Waals surface area contributed by atoms with Gasteiger partial charge < -0.3 is 0 Å². The van der Waals surface area contributed by atoms with Gasteiger partial charge in [0, 0.05) is 6.20 Å². The van der Waals surface area contributed by atoms with Crippen molar-refractivity contribution in [3.8, 4) is 11.8 Å². The van der Waals surface area contributed by atoms with E-state index in [1.807, 2.05) is 0 Å². The van der Waals surface area contributed by atoms with Crippen molar-refractivity contribution in [1.29, 1.82) is 5.26 Å². The van der Waals surface area contributed by atoms with Gasteiger partial charge in [0.1, 0.15) is 5.69 Å². The van der Waals surface area contributed by atoms with E-state index < -0.39 is 11.6 Å². The van der Waals surface area contributed by atoms with Crippen LogP contribution in [0.2, 0.25) is 5.02 Å². The highest BCUT2D eigenvalue weighted by atomic mass is 35.5. The van der Waals surface area contributed by atoms with Gasteiger partial charge in [-0.25, -0.2) is 13.5 Å². The molecular weight excluding hydrogens is 248 g/mol. The van der Waals surface area contributed by atoms with E-state index in [0.29, 0.717) is 10.7 Å². The van der Waals surface area contributed by atoms with E-state index in [4.69, 9.17) is 16.9 Å². The monoisotopic (exact) mass is 253 g/mol. The zero-order chi connectivity index (χ0) is 12.6. The molecule has 1 aromatic carbocycles. The van der Waals surface area contributed by atoms with Gasteiger partial charge in [-0.05, 0) is 19.1 Å². The molecule has 86 valence electrons. The smallest absolute Gasteiger partial charge is 0.153 e. The third-order valence-electron chi connectivity index (χ3n) is 2.21. The van der Waals surface area contributed by atoms with E-state index in [-0.39, 0.29) is 11.3 Å². The molecule has 2 aromatic rings. The van der Waals surface area contributed by atoms with Crippen LogP contribution in [0.5, 0.6) is 0 Å². The van der Waals surface area contributed by atoms with Gasteiger partial charge >= 0.3 is 0 Å². The van der Waals surface area contributed by atoms with Crippen LogP contribution in [0.25, 0.3) is 5.69 Å². The summed E-state index contributed by atoms with van der Waals surface area (Å²) in [6, 6.07) is 3.56. The fourth-order valence-corrected chi connectivity index (χ4v) is 1.53. The summed E-state index contributed by atoms with van der Waals surface area (Å²) in [6.07, 6.45) is 1.31. The van der Waals surface area contributed by atoms with E-state index in [0.717, 1.165) is 16.8 Å². The highest BCUT2D eigenvalue weighted by Gasteiger charge is 2.15. The maximum absolute atomic E-state index is 13.6. The van der Waals surface area contributed by atoms with Gasteiger partial charge in [0.05, 0.1) is 22.3 Å². The molecule has 6 heteroatoms. The first-order valence-corrected chi connectivity index (χ1v) is 5.02. The lowest BCUT2D eigenvalue weighted by Gasteiger charge is -2.04. The summed E-state index contributed by atoms with van der Waals surface area (Å²) in [5.41, 5.74) is 0.0348.